The van der Waals surface area contributed by atoms with Crippen molar-refractivity contribution in [2.75, 3.05) is 0 Å². The Hall–Kier alpha value is -3.21. The van der Waals surface area contributed by atoms with E-state index in [1.807, 2.05) is 36.4 Å². The van der Waals surface area contributed by atoms with Crippen LogP contribution in [0.1, 0.15) is 18.4 Å². The molecule has 0 bridgehead atoms. The first kappa shape index (κ1) is 16.3. The number of aromatic nitrogens is 2. The Morgan fingerprint density at radius 1 is 1.12 bits per heavy atom. The molecule has 0 aliphatic carbocycles. The number of halogens is 1. The minimum Gasteiger partial charge on any atom is -0.481 e. The number of carboxylic acids is 1. The third-order valence-corrected chi connectivity index (χ3v) is 4.54. The van der Waals surface area contributed by atoms with Crippen molar-refractivity contribution in [1.29, 1.82) is 0 Å². The third kappa shape index (κ3) is 3.04. The van der Waals surface area contributed by atoms with E-state index in [-0.39, 0.29) is 12.2 Å². The zero-order chi connectivity index (χ0) is 18.1. The molecule has 0 aliphatic rings. The molecule has 0 unspecified atom stereocenters. The lowest BCUT2D eigenvalue weighted by Crippen LogP contribution is -1.97. The van der Waals surface area contributed by atoms with Crippen molar-refractivity contribution in [3.63, 3.8) is 0 Å². The van der Waals surface area contributed by atoms with Gasteiger partial charge in [-0.3, -0.25) is 4.79 Å². The lowest BCUT2D eigenvalue weighted by atomic mass is 10.0. The number of hydrogen-bond donors (Lipinski definition) is 2. The van der Waals surface area contributed by atoms with Crippen molar-refractivity contribution in [1.82, 2.24) is 9.97 Å². The summed E-state index contributed by atoms with van der Waals surface area (Å²) in [6, 6.07) is 16.4. The summed E-state index contributed by atoms with van der Waals surface area (Å²) < 4.78 is 13.8. The van der Waals surface area contributed by atoms with Crippen LogP contribution in [0.4, 0.5) is 4.39 Å². The average Bonchev–Trinajstić information content (AvgIpc) is 2.99. The first-order chi connectivity index (χ1) is 12.6. The molecular weight excluding hydrogens is 331 g/mol. The minimum atomic E-state index is -0.832. The second kappa shape index (κ2) is 6.59. The maximum absolute atomic E-state index is 13.8. The Morgan fingerprint density at radius 3 is 2.81 bits per heavy atom. The number of hydrogen-bond acceptors (Lipinski definition) is 2. The van der Waals surface area contributed by atoms with Gasteiger partial charge in [-0.2, -0.15) is 0 Å². The second-order valence-electron chi connectivity index (χ2n) is 6.30. The molecule has 2 aromatic carbocycles. The molecule has 0 saturated heterocycles. The Kier molecular flexibility index (Phi) is 4.13. The molecule has 2 N–H and O–H groups in total. The van der Waals surface area contributed by atoms with Crippen LogP contribution in [0, 0.1) is 5.82 Å². The summed E-state index contributed by atoms with van der Waals surface area (Å²) in [6.07, 6.45) is 1.10. The topological polar surface area (TPSA) is 66.0 Å². The fourth-order valence-corrected chi connectivity index (χ4v) is 3.32. The van der Waals surface area contributed by atoms with Crippen LogP contribution in [0.3, 0.4) is 0 Å². The van der Waals surface area contributed by atoms with Crippen LogP contribution >= 0.6 is 0 Å². The molecule has 0 saturated carbocycles. The molecule has 2 aromatic heterocycles. The number of nitrogens with one attached hydrogen (secondary N) is 1. The van der Waals surface area contributed by atoms with E-state index in [9.17, 15) is 9.18 Å². The number of pyridine rings is 1. The molecule has 0 amide bonds. The molecule has 130 valence electrons. The van der Waals surface area contributed by atoms with Crippen LogP contribution in [0.5, 0.6) is 0 Å². The van der Waals surface area contributed by atoms with E-state index >= 15 is 0 Å². The molecule has 0 radical (unpaired) electrons. The zero-order valence-electron chi connectivity index (χ0n) is 14.0. The maximum atomic E-state index is 13.8. The lowest BCUT2D eigenvalue weighted by Gasteiger charge is -2.06. The summed E-state index contributed by atoms with van der Waals surface area (Å²) in [5, 5.41) is 10.7. The van der Waals surface area contributed by atoms with E-state index in [4.69, 9.17) is 10.1 Å². The number of aliphatic carboxylic acids is 1. The van der Waals surface area contributed by atoms with Gasteiger partial charge in [0.05, 0.1) is 16.9 Å². The van der Waals surface area contributed by atoms with Gasteiger partial charge in [0.2, 0.25) is 0 Å². The Labute approximate surface area is 149 Å². The minimum absolute atomic E-state index is 0.0760. The highest BCUT2D eigenvalue weighted by molar-refractivity contribution is 5.91. The summed E-state index contributed by atoms with van der Waals surface area (Å²) in [7, 11) is 0. The van der Waals surface area contributed by atoms with E-state index in [2.05, 4.69) is 4.98 Å². The predicted molar refractivity (Wildman–Crippen MR) is 99.6 cm³/mol. The van der Waals surface area contributed by atoms with Crippen molar-refractivity contribution >= 4 is 27.8 Å². The standard InChI is InChI=1S/C21H17FN2O2/c22-14-9-11-18-16(12-14)15(5-3-7-20(25)26)21(24-18)19-10-8-13-4-1-2-6-17(13)23-19/h1-2,4,6,8-12,24H,3,5,7H2,(H,25,26). The van der Waals surface area contributed by atoms with E-state index < -0.39 is 5.97 Å². The predicted octanol–water partition coefficient (Wildman–Crippen LogP) is 4.93. The Balaban J connectivity index is 1.84. The van der Waals surface area contributed by atoms with Crippen molar-refractivity contribution in [2.24, 2.45) is 0 Å². The highest BCUT2D eigenvalue weighted by Crippen LogP contribution is 2.32. The van der Waals surface area contributed by atoms with Crippen LogP contribution < -0.4 is 0 Å². The number of fused-ring (bicyclic) bond motifs is 2. The van der Waals surface area contributed by atoms with Crippen LogP contribution in [-0.2, 0) is 11.2 Å². The SMILES string of the molecule is O=C(O)CCCc1c(-c2ccc3ccccc3n2)[nH]c2ccc(F)cc12. The maximum Gasteiger partial charge on any atom is 0.303 e. The first-order valence-electron chi connectivity index (χ1n) is 8.50. The van der Waals surface area contributed by atoms with Gasteiger partial charge in [-0.05, 0) is 48.7 Å². The number of H-pyrrole nitrogens is 1. The molecule has 5 heteroatoms. The first-order valence-corrected chi connectivity index (χ1v) is 8.50. The fourth-order valence-electron chi connectivity index (χ4n) is 3.32. The fraction of sp³-hybridized carbons (Fsp3) is 0.143. The number of carbonyl (C=O) groups is 1. The smallest absolute Gasteiger partial charge is 0.303 e. The molecule has 0 aliphatic heterocycles. The molecule has 0 fully saturated rings. The number of aromatic amines is 1. The highest BCUT2D eigenvalue weighted by Gasteiger charge is 2.15. The van der Waals surface area contributed by atoms with Crippen LogP contribution in [0.2, 0.25) is 0 Å². The van der Waals surface area contributed by atoms with Crippen molar-refractivity contribution in [2.45, 2.75) is 19.3 Å². The van der Waals surface area contributed by atoms with Gasteiger partial charge < -0.3 is 10.1 Å². The van der Waals surface area contributed by atoms with Gasteiger partial charge in [0.25, 0.3) is 0 Å². The zero-order valence-corrected chi connectivity index (χ0v) is 14.0. The van der Waals surface area contributed by atoms with E-state index in [1.54, 1.807) is 6.07 Å². The lowest BCUT2D eigenvalue weighted by molar-refractivity contribution is -0.137. The number of nitrogens with zero attached hydrogens (tertiary/aromatic N) is 1. The van der Waals surface area contributed by atoms with Gasteiger partial charge in [0.1, 0.15) is 5.82 Å². The quantitative estimate of drug-likeness (QED) is 0.537. The number of aryl methyl sites for hydroxylation is 1. The van der Waals surface area contributed by atoms with Crippen LogP contribution in [0.25, 0.3) is 33.2 Å². The molecule has 2 heterocycles. The van der Waals surface area contributed by atoms with E-state index in [1.165, 1.54) is 12.1 Å². The van der Waals surface area contributed by atoms with E-state index in [0.29, 0.717) is 12.8 Å². The summed E-state index contributed by atoms with van der Waals surface area (Å²) in [5.41, 5.74) is 4.20. The Bertz CT molecular complexity index is 1120. The molecule has 4 aromatic rings. The summed E-state index contributed by atoms with van der Waals surface area (Å²) >= 11 is 0. The molecular formula is C21H17FN2O2. The normalized spacial score (nSPS) is 11.3. The largest absolute Gasteiger partial charge is 0.481 e. The monoisotopic (exact) mass is 348 g/mol. The van der Waals surface area contributed by atoms with Crippen LogP contribution in [-0.4, -0.2) is 21.0 Å². The van der Waals surface area contributed by atoms with Gasteiger partial charge in [0, 0.05) is 22.7 Å². The van der Waals surface area contributed by atoms with Gasteiger partial charge in [-0.1, -0.05) is 24.3 Å². The van der Waals surface area contributed by atoms with Crippen molar-refractivity contribution in [3.8, 4) is 11.4 Å². The average molecular weight is 348 g/mol. The van der Waals surface area contributed by atoms with Crippen molar-refractivity contribution in [3.05, 3.63) is 66.0 Å². The molecule has 0 spiro atoms. The van der Waals surface area contributed by atoms with Crippen molar-refractivity contribution < 1.29 is 14.3 Å². The summed E-state index contributed by atoms with van der Waals surface area (Å²) in [4.78, 5) is 18.9. The van der Waals surface area contributed by atoms with Gasteiger partial charge in [0.15, 0.2) is 0 Å². The van der Waals surface area contributed by atoms with Gasteiger partial charge in [-0.15, -0.1) is 0 Å². The summed E-state index contributed by atoms with van der Waals surface area (Å²) in [5.74, 6) is -1.14. The highest BCUT2D eigenvalue weighted by atomic mass is 19.1. The molecule has 4 rings (SSSR count). The molecule has 26 heavy (non-hydrogen) atoms. The molecule has 4 nitrogen and oxygen atoms in total. The van der Waals surface area contributed by atoms with Gasteiger partial charge in [-0.25, -0.2) is 9.37 Å². The van der Waals surface area contributed by atoms with Crippen LogP contribution in [0.15, 0.2) is 54.6 Å². The number of benzene rings is 2. The molecule has 0 atom stereocenters. The number of rotatable bonds is 5. The third-order valence-electron chi connectivity index (χ3n) is 4.54. The second-order valence-corrected chi connectivity index (χ2v) is 6.30. The number of carboxylic acid groups (broad SMARTS) is 1. The van der Waals surface area contributed by atoms with E-state index in [0.717, 1.165) is 38.8 Å². The van der Waals surface area contributed by atoms with Gasteiger partial charge >= 0.3 is 5.97 Å². The number of para-hydroxylation sites is 1. The Morgan fingerprint density at radius 2 is 1.96 bits per heavy atom. The summed E-state index contributed by atoms with van der Waals surface area (Å²) in [6.45, 7) is 0.